The standard InChI is InChI=1S/C15H27N3O2/c1-10(2)11(16)12-17-13(18-20-12)15(19-5)8-6-14(3,4)7-9-15/h10-11H,6-9,16H2,1-5H3/t11-/m1/s1. The van der Waals surface area contributed by atoms with Crippen molar-refractivity contribution in [2.75, 3.05) is 7.11 Å². The molecule has 0 saturated heterocycles. The van der Waals surface area contributed by atoms with Gasteiger partial charge in [0.05, 0.1) is 6.04 Å². The average Bonchev–Trinajstić information content (AvgIpc) is 2.88. The maximum atomic E-state index is 6.07. The smallest absolute Gasteiger partial charge is 0.243 e. The van der Waals surface area contributed by atoms with Gasteiger partial charge in [0.2, 0.25) is 11.7 Å². The zero-order valence-electron chi connectivity index (χ0n) is 13.3. The molecule has 5 heteroatoms. The number of hydrogen-bond donors (Lipinski definition) is 1. The zero-order chi connectivity index (χ0) is 15.0. The minimum absolute atomic E-state index is 0.217. The molecule has 1 saturated carbocycles. The lowest BCUT2D eigenvalue weighted by Gasteiger charge is -2.40. The second-order valence-corrected chi connectivity index (χ2v) is 7.09. The third-order valence-electron chi connectivity index (χ3n) is 4.65. The maximum Gasteiger partial charge on any atom is 0.243 e. The van der Waals surface area contributed by atoms with Crippen LogP contribution in [0.5, 0.6) is 0 Å². The Hall–Kier alpha value is -0.940. The summed E-state index contributed by atoms with van der Waals surface area (Å²) in [6, 6.07) is -0.217. The van der Waals surface area contributed by atoms with Crippen LogP contribution in [0.3, 0.4) is 0 Å². The minimum Gasteiger partial charge on any atom is -0.370 e. The predicted molar refractivity (Wildman–Crippen MR) is 77.0 cm³/mol. The van der Waals surface area contributed by atoms with Crippen molar-refractivity contribution >= 4 is 0 Å². The highest BCUT2D eigenvalue weighted by Gasteiger charge is 2.43. The van der Waals surface area contributed by atoms with Crippen molar-refractivity contribution in [1.29, 1.82) is 0 Å². The lowest BCUT2D eigenvalue weighted by molar-refractivity contribution is -0.0740. The average molecular weight is 281 g/mol. The first-order chi connectivity index (χ1) is 9.30. The van der Waals surface area contributed by atoms with Crippen LogP contribution in [0.1, 0.15) is 71.1 Å². The van der Waals surface area contributed by atoms with E-state index in [4.69, 9.17) is 15.0 Å². The first kappa shape index (κ1) is 15.4. The summed E-state index contributed by atoms with van der Waals surface area (Å²) < 4.78 is 11.1. The number of hydrogen-bond acceptors (Lipinski definition) is 5. The molecule has 5 nitrogen and oxygen atoms in total. The quantitative estimate of drug-likeness (QED) is 0.917. The van der Waals surface area contributed by atoms with Crippen LogP contribution in [0.15, 0.2) is 4.52 Å². The van der Waals surface area contributed by atoms with Gasteiger partial charge in [-0.1, -0.05) is 32.9 Å². The molecule has 1 aliphatic rings. The molecule has 1 aromatic rings. The van der Waals surface area contributed by atoms with Gasteiger partial charge in [-0.15, -0.1) is 0 Å². The highest BCUT2D eigenvalue weighted by molar-refractivity contribution is 5.06. The predicted octanol–water partition coefficient (Wildman–Crippen LogP) is 3.17. The van der Waals surface area contributed by atoms with Gasteiger partial charge in [-0.25, -0.2) is 0 Å². The van der Waals surface area contributed by atoms with E-state index in [0.29, 0.717) is 17.1 Å². The van der Waals surface area contributed by atoms with Gasteiger partial charge < -0.3 is 15.0 Å². The zero-order valence-corrected chi connectivity index (χ0v) is 13.3. The molecule has 1 aromatic heterocycles. The fourth-order valence-corrected chi connectivity index (χ4v) is 2.69. The first-order valence-electron chi connectivity index (χ1n) is 7.44. The van der Waals surface area contributed by atoms with Gasteiger partial charge in [0, 0.05) is 7.11 Å². The third kappa shape index (κ3) is 2.88. The van der Waals surface area contributed by atoms with Crippen LogP contribution in [-0.2, 0) is 10.3 Å². The molecule has 0 unspecified atom stereocenters. The lowest BCUT2D eigenvalue weighted by Crippen LogP contribution is -2.37. The Labute approximate surface area is 121 Å². The van der Waals surface area contributed by atoms with Crippen molar-refractivity contribution in [2.45, 2.75) is 65.0 Å². The van der Waals surface area contributed by atoms with E-state index in [0.717, 1.165) is 25.7 Å². The monoisotopic (exact) mass is 281 g/mol. The van der Waals surface area contributed by atoms with Gasteiger partial charge in [0.25, 0.3) is 0 Å². The van der Waals surface area contributed by atoms with Gasteiger partial charge in [-0.05, 0) is 37.0 Å². The molecule has 1 heterocycles. The molecule has 0 aromatic carbocycles. The molecule has 0 aliphatic heterocycles. The molecule has 0 amide bonds. The molecule has 1 fully saturated rings. The van der Waals surface area contributed by atoms with Crippen LogP contribution >= 0.6 is 0 Å². The van der Waals surface area contributed by atoms with Crippen molar-refractivity contribution in [1.82, 2.24) is 10.1 Å². The fourth-order valence-electron chi connectivity index (χ4n) is 2.69. The largest absolute Gasteiger partial charge is 0.370 e. The molecule has 0 bridgehead atoms. The summed E-state index contributed by atoms with van der Waals surface area (Å²) in [6.45, 7) is 8.68. The van der Waals surface area contributed by atoms with E-state index in [-0.39, 0.29) is 12.0 Å². The maximum absolute atomic E-state index is 6.07. The van der Waals surface area contributed by atoms with Gasteiger partial charge in [-0.3, -0.25) is 0 Å². The van der Waals surface area contributed by atoms with Crippen LogP contribution in [0.25, 0.3) is 0 Å². The number of nitrogens with two attached hydrogens (primary N) is 1. The summed E-state index contributed by atoms with van der Waals surface area (Å²) in [5.74, 6) is 1.44. The number of rotatable bonds is 4. The van der Waals surface area contributed by atoms with E-state index < -0.39 is 5.60 Å². The summed E-state index contributed by atoms with van der Waals surface area (Å²) in [4.78, 5) is 4.52. The third-order valence-corrected chi connectivity index (χ3v) is 4.65. The van der Waals surface area contributed by atoms with E-state index in [9.17, 15) is 0 Å². The summed E-state index contributed by atoms with van der Waals surface area (Å²) in [7, 11) is 1.73. The van der Waals surface area contributed by atoms with Crippen LogP contribution in [0.4, 0.5) is 0 Å². The number of aromatic nitrogens is 2. The Kier molecular flexibility index (Phi) is 4.21. The van der Waals surface area contributed by atoms with Crippen molar-refractivity contribution in [3.8, 4) is 0 Å². The summed E-state index contributed by atoms with van der Waals surface area (Å²) >= 11 is 0. The van der Waals surface area contributed by atoms with Gasteiger partial charge in [0.15, 0.2) is 0 Å². The first-order valence-corrected chi connectivity index (χ1v) is 7.44. The Balaban J connectivity index is 2.21. The summed E-state index contributed by atoms with van der Waals surface area (Å²) in [5.41, 5.74) is 6.03. The topological polar surface area (TPSA) is 74.2 Å². The van der Waals surface area contributed by atoms with Gasteiger partial charge >= 0.3 is 0 Å². The lowest BCUT2D eigenvalue weighted by atomic mass is 9.70. The Morgan fingerprint density at radius 3 is 2.30 bits per heavy atom. The molecule has 20 heavy (non-hydrogen) atoms. The molecule has 1 aliphatic carbocycles. The highest BCUT2D eigenvalue weighted by Crippen LogP contribution is 2.46. The van der Waals surface area contributed by atoms with Crippen molar-refractivity contribution in [2.24, 2.45) is 17.1 Å². The van der Waals surface area contributed by atoms with Crippen molar-refractivity contribution in [3.05, 3.63) is 11.7 Å². The molecule has 0 spiro atoms. The number of ether oxygens (including phenoxy) is 1. The van der Waals surface area contributed by atoms with E-state index in [2.05, 4.69) is 24.0 Å². The Morgan fingerprint density at radius 2 is 1.80 bits per heavy atom. The van der Waals surface area contributed by atoms with E-state index in [1.54, 1.807) is 7.11 Å². The molecule has 2 N–H and O–H groups in total. The molecule has 0 radical (unpaired) electrons. The number of methoxy groups -OCH3 is 1. The normalized spacial score (nSPS) is 22.9. The van der Waals surface area contributed by atoms with Crippen molar-refractivity contribution < 1.29 is 9.26 Å². The second-order valence-electron chi connectivity index (χ2n) is 7.09. The fraction of sp³-hybridized carbons (Fsp3) is 0.867. The molecular formula is C15H27N3O2. The Bertz CT molecular complexity index is 444. The SMILES string of the molecule is COC1(c2noc([C@H](N)C(C)C)n2)CCC(C)(C)CC1. The Morgan fingerprint density at radius 1 is 1.20 bits per heavy atom. The van der Waals surface area contributed by atoms with Crippen LogP contribution in [0.2, 0.25) is 0 Å². The van der Waals surface area contributed by atoms with E-state index in [1.165, 1.54) is 0 Å². The second kappa shape index (κ2) is 5.45. The van der Waals surface area contributed by atoms with Crippen LogP contribution in [-0.4, -0.2) is 17.3 Å². The van der Waals surface area contributed by atoms with Crippen LogP contribution in [0, 0.1) is 11.3 Å². The summed E-state index contributed by atoms with van der Waals surface area (Å²) in [6.07, 6.45) is 4.04. The molecule has 2 rings (SSSR count). The highest BCUT2D eigenvalue weighted by atomic mass is 16.5. The summed E-state index contributed by atoms with van der Waals surface area (Å²) in [5, 5.41) is 4.14. The molecule has 1 atom stereocenters. The number of nitrogens with zero attached hydrogens (tertiary/aromatic N) is 2. The molecular weight excluding hydrogens is 254 g/mol. The molecule has 114 valence electrons. The van der Waals surface area contributed by atoms with E-state index >= 15 is 0 Å². The minimum atomic E-state index is -0.409. The van der Waals surface area contributed by atoms with Crippen molar-refractivity contribution in [3.63, 3.8) is 0 Å². The van der Waals surface area contributed by atoms with Gasteiger partial charge in [0.1, 0.15) is 5.60 Å². The van der Waals surface area contributed by atoms with Gasteiger partial charge in [-0.2, -0.15) is 4.98 Å². The van der Waals surface area contributed by atoms with E-state index in [1.807, 2.05) is 13.8 Å². The van der Waals surface area contributed by atoms with Crippen LogP contribution < -0.4 is 5.73 Å².